The molecule has 1 aromatic rings. The molecule has 0 atom stereocenters. The van der Waals surface area contributed by atoms with Crippen molar-refractivity contribution in [3.8, 4) is 0 Å². The summed E-state index contributed by atoms with van der Waals surface area (Å²) in [6.07, 6.45) is -0.0910. The number of aromatic amines is 1. The van der Waals surface area contributed by atoms with Crippen LogP contribution in [-0.4, -0.2) is 33.7 Å². The average molecular weight is 239 g/mol. The van der Waals surface area contributed by atoms with E-state index < -0.39 is 5.97 Å². The third kappa shape index (κ3) is 3.30. The summed E-state index contributed by atoms with van der Waals surface area (Å²) in [5.74, 6) is -1.01. The second-order valence-electron chi connectivity index (χ2n) is 4.17. The summed E-state index contributed by atoms with van der Waals surface area (Å²) >= 11 is 0. The Morgan fingerprint density at radius 3 is 2.59 bits per heavy atom. The highest BCUT2D eigenvalue weighted by molar-refractivity contribution is 5.94. The molecule has 0 saturated carbocycles. The maximum absolute atomic E-state index is 11.7. The molecule has 0 aromatic carbocycles. The quantitative estimate of drug-likeness (QED) is 0.715. The normalized spacial score (nSPS) is 10.6. The monoisotopic (exact) mass is 239 g/mol. The van der Waals surface area contributed by atoms with Crippen molar-refractivity contribution in [1.29, 1.82) is 0 Å². The number of hydrogen-bond donors (Lipinski definition) is 3. The van der Waals surface area contributed by atoms with Gasteiger partial charge in [-0.3, -0.25) is 14.7 Å². The van der Waals surface area contributed by atoms with Crippen LogP contribution in [0.25, 0.3) is 0 Å². The molecule has 0 saturated heterocycles. The molecule has 6 nitrogen and oxygen atoms in total. The van der Waals surface area contributed by atoms with Gasteiger partial charge in [-0.2, -0.15) is 5.10 Å². The predicted molar refractivity (Wildman–Crippen MR) is 62.0 cm³/mol. The number of carboxylic acids is 1. The molecule has 0 fully saturated rings. The molecule has 1 heterocycles. The van der Waals surface area contributed by atoms with Crippen LogP contribution < -0.4 is 5.32 Å². The highest BCUT2D eigenvalue weighted by atomic mass is 16.4. The van der Waals surface area contributed by atoms with Crippen molar-refractivity contribution in [2.24, 2.45) is 0 Å². The minimum absolute atomic E-state index is 0.0910. The summed E-state index contributed by atoms with van der Waals surface area (Å²) in [7, 11) is 0. The summed E-state index contributed by atoms with van der Waals surface area (Å²) in [6.45, 7) is 5.95. The van der Waals surface area contributed by atoms with Crippen LogP contribution in [-0.2, 0) is 4.79 Å². The van der Waals surface area contributed by atoms with Crippen molar-refractivity contribution >= 4 is 11.9 Å². The topological polar surface area (TPSA) is 95.1 Å². The molecular weight excluding hydrogens is 222 g/mol. The molecular formula is C11H17N3O3. The van der Waals surface area contributed by atoms with Crippen LogP contribution >= 0.6 is 0 Å². The Morgan fingerprint density at radius 2 is 2.12 bits per heavy atom. The first-order valence-corrected chi connectivity index (χ1v) is 5.48. The minimum atomic E-state index is -0.938. The Hall–Kier alpha value is -1.85. The van der Waals surface area contributed by atoms with Gasteiger partial charge >= 0.3 is 5.97 Å². The molecule has 6 heteroatoms. The second kappa shape index (κ2) is 5.47. The van der Waals surface area contributed by atoms with E-state index >= 15 is 0 Å². The smallest absolute Gasteiger partial charge is 0.305 e. The van der Waals surface area contributed by atoms with Crippen LogP contribution in [0.5, 0.6) is 0 Å². The highest BCUT2D eigenvalue weighted by Crippen LogP contribution is 2.18. The molecule has 0 unspecified atom stereocenters. The van der Waals surface area contributed by atoms with Gasteiger partial charge in [-0.1, -0.05) is 13.8 Å². The molecule has 0 radical (unpaired) electrons. The van der Waals surface area contributed by atoms with Gasteiger partial charge in [0.2, 0.25) is 0 Å². The number of amides is 1. The van der Waals surface area contributed by atoms with Crippen molar-refractivity contribution in [2.45, 2.75) is 33.1 Å². The van der Waals surface area contributed by atoms with Gasteiger partial charge in [-0.05, 0) is 12.8 Å². The Morgan fingerprint density at radius 1 is 1.47 bits per heavy atom. The number of aromatic nitrogens is 2. The van der Waals surface area contributed by atoms with Gasteiger partial charge < -0.3 is 10.4 Å². The Balaban J connectivity index is 2.66. The maximum atomic E-state index is 11.7. The fourth-order valence-electron chi connectivity index (χ4n) is 1.56. The standard InChI is InChI=1S/C11H17N3O3/c1-6(2)9-7(3)10(14-13-9)11(17)12-5-4-8(15)16/h6H,4-5H2,1-3H3,(H,12,17)(H,13,14)(H,15,16). The molecule has 0 aliphatic carbocycles. The molecule has 0 aliphatic heterocycles. The first-order valence-electron chi connectivity index (χ1n) is 5.48. The number of H-pyrrole nitrogens is 1. The third-order valence-corrected chi connectivity index (χ3v) is 2.46. The van der Waals surface area contributed by atoms with Crippen LogP contribution in [0, 0.1) is 6.92 Å². The zero-order chi connectivity index (χ0) is 13.0. The van der Waals surface area contributed by atoms with Gasteiger partial charge in [0.25, 0.3) is 5.91 Å². The van der Waals surface area contributed by atoms with Gasteiger partial charge in [-0.15, -0.1) is 0 Å². The zero-order valence-corrected chi connectivity index (χ0v) is 10.2. The SMILES string of the molecule is Cc1c(C(=O)NCCC(=O)O)n[nH]c1C(C)C. The van der Waals surface area contributed by atoms with Crippen molar-refractivity contribution in [3.63, 3.8) is 0 Å². The van der Waals surface area contributed by atoms with Gasteiger partial charge in [-0.25, -0.2) is 0 Å². The van der Waals surface area contributed by atoms with E-state index in [1.54, 1.807) is 0 Å². The number of aliphatic carboxylic acids is 1. The fourth-order valence-corrected chi connectivity index (χ4v) is 1.56. The lowest BCUT2D eigenvalue weighted by molar-refractivity contribution is -0.136. The van der Waals surface area contributed by atoms with Gasteiger partial charge in [0.1, 0.15) is 0 Å². The fraction of sp³-hybridized carbons (Fsp3) is 0.545. The predicted octanol–water partition coefficient (Wildman–Crippen LogP) is 1.05. The highest BCUT2D eigenvalue weighted by Gasteiger charge is 2.17. The lowest BCUT2D eigenvalue weighted by Gasteiger charge is -2.03. The average Bonchev–Trinajstić information content (AvgIpc) is 2.59. The van der Waals surface area contributed by atoms with Gasteiger partial charge in [0.05, 0.1) is 6.42 Å². The molecule has 3 N–H and O–H groups in total. The first-order chi connectivity index (χ1) is 7.93. The molecule has 0 aliphatic rings. The summed E-state index contributed by atoms with van der Waals surface area (Å²) < 4.78 is 0. The zero-order valence-electron chi connectivity index (χ0n) is 10.2. The number of carboxylic acid groups (broad SMARTS) is 1. The van der Waals surface area contributed by atoms with Gasteiger partial charge in [0, 0.05) is 17.8 Å². The number of carbonyl (C=O) groups is 2. The number of nitrogens with zero attached hydrogens (tertiary/aromatic N) is 1. The summed E-state index contributed by atoms with van der Waals surface area (Å²) in [4.78, 5) is 22.0. The van der Waals surface area contributed by atoms with Crippen LogP contribution in [0.2, 0.25) is 0 Å². The Labute approximate surface area is 99.4 Å². The number of nitrogens with one attached hydrogen (secondary N) is 2. The van der Waals surface area contributed by atoms with Crippen molar-refractivity contribution < 1.29 is 14.7 Å². The summed E-state index contributed by atoms with van der Waals surface area (Å²) in [5.41, 5.74) is 2.07. The van der Waals surface area contributed by atoms with Crippen LogP contribution in [0.15, 0.2) is 0 Å². The van der Waals surface area contributed by atoms with Crippen molar-refractivity contribution in [3.05, 3.63) is 17.0 Å². The number of rotatable bonds is 5. The molecule has 17 heavy (non-hydrogen) atoms. The van der Waals surface area contributed by atoms with E-state index in [9.17, 15) is 9.59 Å². The third-order valence-electron chi connectivity index (χ3n) is 2.46. The first kappa shape index (κ1) is 13.2. The lowest BCUT2D eigenvalue weighted by Crippen LogP contribution is -2.26. The second-order valence-corrected chi connectivity index (χ2v) is 4.17. The Kier molecular flexibility index (Phi) is 4.25. The van der Waals surface area contributed by atoms with E-state index in [1.807, 2.05) is 20.8 Å². The van der Waals surface area contributed by atoms with Crippen molar-refractivity contribution in [1.82, 2.24) is 15.5 Å². The molecule has 0 bridgehead atoms. The molecule has 1 amide bonds. The molecule has 94 valence electrons. The molecule has 1 aromatic heterocycles. The molecule has 0 spiro atoms. The van der Waals surface area contributed by atoms with Crippen LogP contribution in [0.1, 0.15) is 47.9 Å². The van der Waals surface area contributed by atoms with E-state index in [4.69, 9.17) is 5.11 Å². The van der Waals surface area contributed by atoms with E-state index in [-0.39, 0.29) is 24.8 Å². The van der Waals surface area contributed by atoms with Crippen LogP contribution in [0.4, 0.5) is 0 Å². The number of carbonyl (C=O) groups excluding carboxylic acids is 1. The van der Waals surface area contributed by atoms with E-state index in [0.717, 1.165) is 11.3 Å². The molecule has 1 rings (SSSR count). The van der Waals surface area contributed by atoms with E-state index in [0.29, 0.717) is 5.69 Å². The van der Waals surface area contributed by atoms with Crippen LogP contribution in [0.3, 0.4) is 0 Å². The minimum Gasteiger partial charge on any atom is -0.481 e. The van der Waals surface area contributed by atoms with E-state index in [1.165, 1.54) is 0 Å². The Bertz CT molecular complexity index is 424. The van der Waals surface area contributed by atoms with Crippen molar-refractivity contribution in [2.75, 3.05) is 6.54 Å². The number of hydrogen-bond acceptors (Lipinski definition) is 3. The van der Waals surface area contributed by atoms with Gasteiger partial charge in [0.15, 0.2) is 5.69 Å². The summed E-state index contributed by atoms with van der Waals surface area (Å²) in [6, 6.07) is 0. The maximum Gasteiger partial charge on any atom is 0.305 e. The lowest BCUT2D eigenvalue weighted by atomic mass is 10.1. The largest absolute Gasteiger partial charge is 0.481 e. The van der Waals surface area contributed by atoms with E-state index in [2.05, 4.69) is 15.5 Å². The summed E-state index contributed by atoms with van der Waals surface area (Å²) in [5, 5.41) is 17.8.